The molecule has 2 atom stereocenters. The molecule has 3 heterocycles. The fourth-order valence-electron chi connectivity index (χ4n) is 3.79. The van der Waals surface area contributed by atoms with Crippen LogP contribution in [-0.4, -0.2) is 45.4 Å². The zero-order chi connectivity index (χ0) is 15.9. The van der Waals surface area contributed by atoms with Crippen LogP contribution in [0, 0.1) is 5.41 Å². The Morgan fingerprint density at radius 1 is 1.43 bits per heavy atom. The maximum atomic E-state index is 10.2. The Hall–Kier alpha value is -1.70. The van der Waals surface area contributed by atoms with Crippen LogP contribution >= 0.6 is 0 Å². The van der Waals surface area contributed by atoms with Gasteiger partial charge in [0.05, 0.1) is 18.8 Å². The third-order valence-corrected chi connectivity index (χ3v) is 5.32. The van der Waals surface area contributed by atoms with Crippen LogP contribution in [0.2, 0.25) is 0 Å². The minimum Gasteiger partial charge on any atom is -0.392 e. The van der Waals surface area contributed by atoms with E-state index in [9.17, 15) is 5.11 Å². The number of aromatic nitrogens is 3. The van der Waals surface area contributed by atoms with Crippen molar-refractivity contribution in [2.75, 3.05) is 13.2 Å². The smallest absolute Gasteiger partial charge is 0.151 e. The van der Waals surface area contributed by atoms with E-state index in [2.05, 4.69) is 15.6 Å². The minimum atomic E-state index is -0.218. The van der Waals surface area contributed by atoms with Crippen LogP contribution < -0.4 is 5.32 Å². The number of aliphatic hydroxyl groups is 1. The van der Waals surface area contributed by atoms with E-state index >= 15 is 0 Å². The lowest BCUT2D eigenvalue weighted by atomic mass is 9.58. The Morgan fingerprint density at radius 3 is 2.96 bits per heavy atom. The molecule has 2 aromatic heterocycles. The molecule has 1 aliphatic carbocycles. The van der Waals surface area contributed by atoms with Gasteiger partial charge in [-0.2, -0.15) is 5.10 Å². The zero-order valence-corrected chi connectivity index (χ0v) is 13.2. The van der Waals surface area contributed by atoms with E-state index in [1.165, 1.54) is 0 Å². The molecule has 1 aliphatic heterocycles. The number of aliphatic hydroxyl groups excluding tert-OH is 1. The van der Waals surface area contributed by atoms with Crippen molar-refractivity contribution in [2.24, 2.45) is 12.5 Å². The molecule has 2 fully saturated rings. The van der Waals surface area contributed by atoms with Gasteiger partial charge in [0.1, 0.15) is 5.69 Å². The van der Waals surface area contributed by atoms with Crippen molar-refractivity contribution in [2.45, 2.75) is 38.0 Å². The molecule has 7 heteroatoms. The summed E-state index contributed by atoms with van der Waals surface area (Å²) in [6.07, 6.45) is 6.10. The highest BCUT2D eigenvalue weighted by atomic mass is 16.5. The molecule has 23 heavy (non-hydrogen) atoms. The molecule has 1 saturated carbocycles. The molecule has 0 radical (unpaired) electrons. The number of nitrogens with one attached hydrogen (secondary N) is 1. The molecular formula is C16H22N4O3. The lowest BCUT2D eigenvalue weighted by Gasteiger charge is -2.55. The summed E-state index contributed by atoms with van der Waals surface area (Å²) >= 11 is 0. The van der Waals surface area contributed by atoms with Gasteiger partial charge >= 0.3 is 0 Å². The summed E-state index contributed by atoms with van der Waals surface area (Å²) in [6, 6.07) is 2.25. The molecule has 2 N–H and O–H groups in total. The van der Waals surface area contributed by atoms with Gasteiger partial charge < -0.3 is 19.7 Å². The summed E-state index contributed by atoms with van der Waals surface area (Å²) in [5, 5.41) is 22.0. The number of rotatable bonds is 4. The Kier molecular flexibility index (Phi) is 3.71. The van der Waals surface area contributed by atoms with Gasteiger partial charge in [0, 0.05) is 49.5 Å². The minimum absolute atomic E-state index is 0.0234. The van der Waals surface area contributed by atoms with Crippen molar-refractivity contribution in [3.8, 4) is 11.3 Å². The molecule has 1 spiro atoms. The van der Waals surface area contributed by atoms with E-state index < -0.39 is 0 Å². The highest BCUT2D eigenvalue weighted by molar-refractivity contribution is 5.56. The average molecular weight is 318 g/mol. The topological polar surface area (TPSA) is 85.3 Å². The highest BCUT2D eigenvalue weighted by Gasteiger charge is 2.54. The van der Waals surface area contributed by atoms with Gasteiger partial charge in [0.25, 0.3) is 0 Å². The molecule has 124 valence electrons. The quantitative estimate of drug-likeness (QED) is 0.878. The average Bonchev–Trinajstić information content (AvgIpc) is 3.21. The number of ether oxygens (including phenoxy) is 1. The van der Waals surface area contributed by atoms with E-state index in [4.69, 9.17) is 9.26 Å². The molecule has 0 bridgehead atoms. The van der Waals surface area contributed by atoms with Gasteiger partial charge in [-0.1, -0.05) is 5.16 Å². The number of nitrogens with zero attached hydrogens (tertiary/aromatic N) is 3. The van der Waals surface area contributed by atoms with Crippen LogP contribution in [0.3, 0.4) is 0 Å². The third-order valence-electron chi connectivity index (χ3n) is 5.32. The first-order valence-electron chi connectivity index (χ1n) is 8.11. The Morgan fingerprint density at radius 2 is 2.26 bits per heavy atom. The van der Waals surface area contributed by atoms with E-state index in [0.29, 0.717) is 12.6 Å². The van der Waals surface area contributed by atoms with Gasteiger partial charge in [-0.05, 0) is 19.3 Å². The van der Waals surface area contributed by atoms with E-state index in [1.807, 2.05) is 19.3 Å². The van der Waals surface area contributed by atoms with Crippen LogP contribution in [0.25, 0.3) is 11.3 Å². The maximum Gasteiger partial charge on any atom is 0.151 e. The monoisotopic (exact) mass is 318 g/mol. The summed E-state index contributed by atoms with van der Waals surface area (Å²) in [5.74, 6) is 0.799. The molecule has 0 unspecified atom stereocenters. The number of aryl methyl sites for hydroxylation is 1. The van der Waals surface area contributed by atoms with E-state index in [1.54, 1.807) is 10.9 Å². The van der Waals surface area contributed by atoms with Gasteiger partial charge in [-0.15, -0.1) is 0 Å². The second-order valence-electron chi connectivity index (χ2n) is 6.61. The Balaban J connectivity index is 1.39. The van der Waals surface area contributed by atoms with E-state index in [0.717, 1.165) is 49.5 Å². The van der Waals surface area contributed by atoms with Crippen LogP contribution in [0.5, 0.6) is 0 Å². The highest BCUT2D eigenvalue weighted by Crippen LogP contribution is 2.49. The predicted molar refractivity (Wildman–Crippen MR) is 82.4 cm³/mol. The van der Waals surface area contributed by atoms with Gasteiger partial charge in [0.15, 0.2) is 5.76 Å². The second kappa shape index (κ2) is 5.74. The summed E-state index contributed by atoms with van der Waals surface area (Å²) in [5.41, 5.74) is 1.72. The fraction of sp³-hybridized carbons (Fsp3) is 0.625. The normalized spacial score (nSPS) is 26.3. The number of hydrogen-bond donors (Lipinski definition) is 2. The predicted octanol–water partition coefficient (Wildman–Crippen LogP) is 1.09. The standard InChI is InChI=1S/C16H22N4O3/c1-20-10-11(8-18-20)13-6-12(23-19-13)9-17-14-7-15(21)16(14)2-4-22-5-3-16/h6,8,10,14-15,17,21H,2-5,7,9H2,1H3/t14-,15-/m1/s1. The molecule has 1 saturated heterocycles. The van der Waals surface area contributed by atoms with Crippen molar-refractivity contribution >= 4 is 0 Å². The lowest BCUT2D eigenvalue weighted by molar-refractivity contribution is -0.149. The van der Waals surface area contributed by atoms with Gasteiger partial charge in [-0.25, -0.2) is 0 Å². The molecule has 2 aliphatic rings. The lowest BCUT2D eigenvalue weighted by Crippen LogP contribution is -2.64. The maximum absolute atomic E-state index is 10.2. The van der Waals surface area contributed by atoms with Gasteiger partial charge in [-0.3, -0.25) is 4.68 Å². The first kappa shape index (κ1) is 14.9. The SMILES string of the molecule is Cn1cc(-c2cc(CN[C@@H]3C[C@@H](O)C34CCOCC4)on2)cn1. The summed E-state index contributed by atoms with van der Waals surface area (Å²) in [4.78, 5) is 0. The van der Waals surface area contributed by atoms with Crippen molar-refractivity contribution in [1.82, 2.24) is 20.3 Å². The molecule has 2 aromatic rings. The summed E-state index contributed by atoms with van der Waals surface area (Å²) in [7, 11) is 1.88. The van der Waals surface area contributed by atoms with Crippen LogP contribution in [0.4, 0.5) is 0 Å². The zero-order valence-electron chi connectivity index (χ0n) is 13.2. The van der Waals surface area contributed by atoms with Crippen LogP contribution in [0.1, 0.15) is 25.0 Å². The molecule has 0 amide bonds. The number of hydrogen-bond acceptors (Lipinski definition) is 6. The second-order valence-corrected chi connectivity index (χ2v) is 6.61. The largest absolute Gasteiger partial charge is 0.392 e. The van der Waals surface area contributed by atoms with Crippen molar-refractivity contribution < 1.29 is 14.4 Å². The van der Waals surface area contributed by atoms with Crippen LogP contribution in [0.15, 0.2) is 23.0 Å². The van der Waals surface area contributed by atoms with Crippen molar-refractivity contribution in [1.29, 1.82) is 0 Å². The Labute approximate surface area is 134 Å². The third kappa shape index (κ3) is 2.58. The summed E-state index contributed by atoms with van der Waals surface area (Å²) in [6.45, 7) is 2.10. The van der Waals surface area contributed by atoms with Crippen LogP contribution in [-0.2, 0) is 18.3 Å². The summed E-state index contributed by atoms with van der Waals surface area (Å²) < 4.78 is 12.6. The van der Waals surface area contributed by atoms with Crippen molar-refractivity contribution in [3.05, 3.63) is 24.2 Å². The molecule has 7 nitrogen and oxygen atoms in total. The molecule has 0 aromatic carbocycles. The molecular weight excluding hydrogens is 296 g/mol. The first-order valence-corrected chi connectivity index (χ1v) is 8.11. The van der Waals surface area contributed by atoms with E-state index in [-0.39, 0.29) is 11.5 Å². The fourth-order valence-corrected chi connectivity index (χ4v) is 3.79. The van der Waals surface area contributed by atoms with Crippen molar-refractivity contribution in [3.63, 3.8) is 0 Å². The Bertz CT molecular complexity index is 674. The molecule has 4 rings (SSSR count). The first-order chi connectivity index (χ1) is 11.2. The van der Waals surface area contributed by atoms with Gasteiger partial charge in [0.2, 0.25) is 0 Å².